The summed E-state index contributed by atoms with van der Waals surface area (Å²) in [6.45, 7) is 0.254. The van der Waals surface area contributed by atoms with E-state index in [1.807, 2.05) is 0 Å². The van der Waals surface area contributed by atoms with Crippen molar-refractivity contribution in [2.45, 2.75) is 18.9 Å². The first-order chi connectivity index (χ1) is 8.72. The SMILES string of the molecule is O=C(CNC1CC1)Nc1nc(Cl)c2[nH]cnc2n1. The Morgan fingerprint density at radius 2 is 2.33 bits per heavy atom. The highest BCUT2D eigenvalue weighted by Crippen LogP contribution is 2.19. The maximum atomic E-state index is 11.6. The summed E-state index contributed by atoms with van der Waals surface area (Å²) in [5.41, 5.74) is 0.992. The molecule has 1 amide bonds. The second kappa shape index (κ2) is 4.51. The van der Waals surface area contributed by atoms with Crippen LogP contribution in [0, 0.1) is 0 Å². The zero-order chi connectivity index (χ0) is 12.5. The minimum Gasteiger partial charge on any atom is -0.341 e. The van der Waals surface area contributed by atoms with Crippen LogP contribution in [0.15, 0.2) is 6.33 Å². The van der Waals surface area contributed by atoms with Crippen molar-refractivity contribution in [1.82, 2.24) is 25.3 Å². The van der Waals surface area contributed by atoms with E-state index in [2.05, 4.69) is 30.6 Å². The van der Waals surface area contributed by atoms with Crippen LogP contribution in [-0.2, 0) is 4.79 Å². The number of hydrogen-bond acceptors (Lipinski definition) is 5. The Morgan fingerprint density at radius 3 is 3.11 bits per heavy atom. The summed E-state index contributed by atoms with van der Waals surface area (Å²) in [7, 11) is 0. The molecule has 0 radical (unpaired) electrons. The summed E-state index contributed by atoms with van der Waals surface area (Å²) >= 11 is 5.94. The molecule has 1 aliphatic rings. The Hall–Kier alpha value is -1.73. The zero-order valence-electron chi connectivity index (χ0n) is 9.40. The third-order valence-corrected chi connectivity index (χ3v) is 2.89. The molecule has 0 aromatic carbocycles. The van der Waals surface area contributed by atoms with Crippen LogP contribution < -0.4 is 10.6 Å². The van der Waals surface area contributed by atoms with Crippen molar-refractivity contribution in [1.29, 1.82) is 0 Å². The number of carbonyl (C=O) groups is 1. The lowest BCUT2D eigenvalue weighted by Gasteiger charge is -2.04. The first-order valence-corrected chi connectivity index (χ1v) is 6.00. The van der Waals surface area contributed by atoms with Crippen molar-refractivity contribution in [3.05, 3.63) is 11.5 Å². The van der Waals surface area contributed by atoms with Crippen LogP contribution in [0.5, 0.6) is 0 Å². The summed E-state index contributed by atoms with van der Waals surface area (Å²) < 4.78 is 0. The van der Waals surface area contributed by atoms with Crippen molar-refractivity contribution in [2.24, 2.45) is 0 Å². The van der Waals surface area contributed by atoms with Gasteiger partial charge < -0.3 is 10.3 Å². The fourth-order valence-corrected chi connectivity index (χ4v) is 1.77. The lowest BCUT2D eigenvalue weighted by atomic mass is 10.5. The van der Waals surface area contributed by atoms with E-state index < -0.39 is 0 Å². The number of H-pyrrole nitrogens is 1. The van der Waals surface area contributed by atoms with E-state index in [9.17, 15) is 4.79 Å². The summed E-state index contributed by atoms with van der Waals surface area (Å²) in [5, 5.41) is 5.93. The molecule has 3 N–H and O–H groups in total. The van der Waals surface area contributed by atoms with Crippen LogP contribution in [0.2, 0.25) is 5.15 Å². The fourth-order valence-electron chi connectivity index (χ4n) is 1.55. The van der Waals surface area contributed by atoms with Crippen LogP contribution in [0.25, 0.3) is 11.2 Å². The predicted octanol–water partition coefficient (Wildman–Crippen LogP) is 0.697. The average molecular weight is 267 g/mol. The predicted molar refractivity (Wildman–Crippen MR) is 66.3 cm³/mol. The molecule has 2 heterocycles. The van der Waals surface area contributed by atoms with Gasteiger partial charge in [-0.25, -0.2) is 4.98 Å². The number of imidazole rings is 1. The van der Waals surface area contributed by atoms with Crippen LogP contribution >= 0.6 is 11.6 Å². The molecule has 1 saturated carbocycles. The topological polar surface area (TPSA) is 95.6 Å². The maximum Gasteiger partial charge on any atom is 0.240 e. The standard InChI is InChI=1S/C10H11ClN6O/c11-8-7-9(14-4-13-7)17-10(16-8)15-6(18)3-12-5-1-2-5/h4-5,12H,1-3H2,(H2,13,14,15,16,17,18). The molecule has 0 bridgehead atoms. The van der Waals surface area contributed by atoms with Crippen molar-refractivity contribution in [3.8, 4) is 0 Å². The number of carbonyl (C=O) groups excluding carboxylic acids is 1. The Balaban J connectivity index is 1.70. The minimum atomic E-state index is -0.187. The van der Waals surface area contributed by atoms with E-state index in [0.29, 0.717) is 17.2 Å². The molecular formula is C10H11ClN6O. The highest BCUT2D eigenvalue weighted by atomic mass is 35.5. The Morgan fingerprint density at radius 1 is 1.50 bits per heavy atom. The van der Waals surface area contributed by atoms with Crippen LogP contribution in [0.1, 0.15) is 12.8 Å². The number of aromatic amines is 1. The molecule has 94 valence electrons. The highest BCUT2D eigenvalue weighted by molar-refractivity contribution is 6.33. The summed E-state index contributed by atoms with van der Waals surface area (Å²) in [5.74, 6) is -0.0185. The van der Waals surface area contributed by atoms with Crippen LogP contribution in [0.3, 0.4) is 0 Å². The molecule has 0 aliphatic heterocycles. The van der Waals surface area contributed by atoms with Gasteiger partial charge in [0.2, 0.25) is 11.9 Å². The number of fused-ring (bicyclic) bond motifs is 1. The van der Waals surface area contributed by atoms with Gasteiger partial charge in [0.25, 0.3) is 0 Å². The number of rotatable bonds is 4. The van der Waals surface area contributed by atoms with Gasteiger partial charge in [-0.2, -0.15) is 9.97 Å². The molecule has 7 nitrogen and oxygen atoms in total. The van der Waals surface area contributed by atoms with E-state index in [-0.39, 0.29) is 23.6 Å². The van der Waals surface area contributed by atoms with Crippen molar-refractivity contribution in [2.75, 3.05) is 11.9 Å². The molecular weight excluding hydrogens is 256 g/mol. The summed E-state index contributed by atoms with van der Waals surface area (Å²) in [4.78, 5) is 26.5. The Kier molecular flexibility index (Phi) is 2.85. The smallest absolute Gasteiger partial charge is 0.240 e. The van der Waals surface area contributed by atoms with E-state index in [4.69, 9.17) is 11.6 Å². The minimum absolute atomic E-state index is 0.169. The molecule has 3 rings (SSSR count). The van der Waals surface area contributed by atoms with E-state index in [1.165, 1.54) is 6.33 Å². The van der Waals surface area contributed by atoms with E-state index in [0.717, 1.165) is 12.8 Å². The lowest BCUT2D eigenvalue weighted by Crippen LogP contribution is -2.30. The molecule has 2 aromatic heterocycles. The van der Waals surface area contributed by atoms with Crippen molar-refractivity contribution >= 4 is 34.6 Å². The van der Waals surface area contributed by atoms with Gasteiger partial charge in [0, 0.05) is 6.04 Å². The van der Waals surface area contributed by atoms with Crippen LogP contribution in [0.4, 0.5) is 5.95 Å². The molecule has 18 heavy (non-hydrogen) atoms. The fraction of sp³-hybridized carbons (Fsp3) is 0.400. The lowest BCUT2D eigenvalue weighted by molar-refractivity contribution is -0.115. The largest absolute Gasteiger partial charge is 0.341 e. The van der Waals surface area contributed by atoms with Gasteiger partial charge in [0.15, 0.2) is 10.8 Å². The van der Waals surface area contributed by atoms with Gasteiger partial charge in [-0.1, -0.05) is 11.6 Å². The molecule has 1 fully saturated rings. The van der Waals surface area contributed by atoms with Crippen LogP contribution in [-0.4, -0.2) is 38.4 Å². The molecule has 0 spiro atoms. The summed E-state index contributed by atoms with van der Waals surface area (Å²) in [6, 6.07) is 0.481. The van der Waals surface area contributed by atoms with E-state index >= 15 is 0 Å². The van der Waals surface area contributed by atoms with E-state index in [1.54, 1.807) is 0 Å². The average Bonchev–Trinajstić information content (AvgIpc) is 3.04. The van der Waals surface area contributed by atoms with Crippen molar-refractivity contribution in [3.63, 3.8) is 0 Å². The van der Waals surface area contributed by atoms with Gasteiger partial charge in [0.1, 0.15) is 5.52 Å². The molecule has 0 atom stereocenters. The highest BCUT2D eigenvalue weighted by Gasteiger charge is 2.21. The van der Waals surface area contributed by atoms with Gasteiger partial charge in [0.05, 0.1) is 12.9 Å². The second-order valence-electron chi connectivity index (χ2n) is 4.14. The number of nitrogens with zero attached hydrogens (tertiary/aromatic N) is 3. The van der Waals surface area contributed by atoms with Gasteiger partial charge >= 0.3 is 0 Å². The normalized spacial score (nSPS) is 14.9. The first-order valence-electron chi connectivity index (χ1n) is 5.62. The maximum absolute atomic E-state index is 11.6. The Bertz CT molecular complexity index is 593. The summed E-state index contributed by atoms with van der Waals surface area (Å²) in [6.07, 6.45) is 3.75. The molecule has 1 aliphatic carbocycles. The third-order valence-electron chi connectivity index (χ3n) is 2.62. The van der Waals surface area contributed by atoms with Gasteiger partial charge in [-0.15, -0.1) is 0 Å². The molecule has 0 unspecified atom stereocenters. The molecule has 2 aromatic rings. The van der Waals surface area contributed by atoms with Crippen molar-refractivity contribution < 1.29 is 4.79 Å². The molecule has 8 heteroatoms. The number of anilines is 1. The number of aromatic nitrogens is 4. The first kappa shape index (κ1) is 11.4. The number of amides is 1. The van der Waals surface area contributed by atoms with Gasteiger partial charge in [-0.05, 0) is 12.8 Å². The molecule has 0 saturated heterocycles. The number of halogens is 1. The zero-order valence-corrected chi connectivity index (χ0v) is 10.2. The quantitative estimate of drug-likeness (QED) is 0.708. The Labute approximate surface area is 107 Å². The number of hydrogen-bond donors (Lipinski definition) is 3. The van der Waals surface area contributed by atoms with Gasteiger partial charge in [-0.3, -0.25) is 10.1 Å². The second-order valence-corrected chi connectivity index (χ2v) is 4.50. The third kappa shape index (κ3) is 2.41. The monoisotopic (exact) mass is 266 g/mol. The number of nitrogens with one attached hydrogen (secondary N) is 3.